The topological polar surface area (TPSA) is 79.5 Å². The Morgan fingerprint density at radius 3 is 2.45 bits per heavy atom. The predicted molar refractivity (Wildman–Crippen MR) is 38.0 cm³/mol. The van der Waals surface area contributed by atoms with Crippen molar-refractivity contribution in [2.45, 2.75) is 0 Å². The quantitative estimate of drug-likeness (QED) is 0.465. The van der Waals surface area contributed by atoms with E-state index in [-0.39, 0.29) is 12.7 Å². The first-order valence-corrected chi connectivity index (χ1v) is 2.98. The molecular formula is C5H11N3O3. The zero-order valence-electron chi connectivity index (χ0n) is 6.43. The molecule has 0 unspecified atom stereocenters. The molecule has 11 heavy (non-hydrogen) atoms. The van der Waals surface area contributed by atoms with Crippen molar-refractivity contribution < 1.29 is 14.3 Å². The number of hydrogen-bond acceptors (Lipinski definition) is 3. The van der Waals surface area contributed by atoms with Crippen LogP contribution >= 0.6 is 0 Å². The van der Waals surface area contributed by atoms with Crippen LogP contribution in [0.1, 0.15) is 0 Å². The fourth-order valence-electron chi connectivity index (χ4n) is 0.357. The number of amides is 3. The van der Waals surface area contributed by atoms with Crippen LogP contribution in [-0.2, 0) is 4.74 Å². The van der Waals surface area contributed by atoms with Crippen LogP contribution in [0, 0.1) is 0 Å². The van der Waals surface area contributed by atoms with Crippen molar-refractivity contribution in [2.75, 3.05) is 20.8 Å². The van der Waals surface area contributed by atoms with Gasteiger partial charge >= 0.3 is 12.1 Å². The standard InChI is InChI=1S/C5H11N3O3/c1-6-4(9)7-3-8-5(10)11-2/h3H2,1-2H3,(H,8,10)(H2,6,7,9). The number of rotatable bonds is 2. The highest BCUT2D eigenvalue weighted by molar-refractivity contribution is 5.74. The smallest absolute Gasteiger partial charge is 0.408 e. The van der Waals surface area contributed by atoms with Gasteiger partial charge in [-0.25, -0.2) is 9.59 Å². The maximum Gasteiger partial charge on any atom is 0.408 e. The Bertz CT molecular complexity index is 132. The first-order chi connectivity index (χ1) is 5.20. The van der Waals surface area contributed by atoms with E-state index in [1.807, 2.05) is 0 Å². The SMILES string of the molecule is CNC(=O)NCNC(=O)OC. The van der Waals surface area contributed by atoms with Crippen molar-refractivity contribution in [2.24, 2.45) is 0 Å². The summed E-state index contributed by atoms with van der Waals surface area (Å²) in [5, 5.41) is 6.91. The summed E-state index contributed by atoms with van der Waals surface area (Å²) in [6, 6.07) is -0.360. The van der Waals surface area contributed by atoms with Crippen molar-refractivity contribution in [1.29, 1.82) is 0 Å². The van der Waals surface area contributed by atoms with Gasteiger partial charge in [-0.1, -0.05) is 0 Å². The highest BCUT2D eigenvalue weighted by atomic mass is 16.5. The molecule has 0 atom stereocenters. The number of hydrogen-bond donors (Lipinski definition) is 3. The van der Waals surface area contributed by atoms with Crippen molar-refractivity contribution in [3.8, 4) is 0 Å². The molecular weight excluding hydrogens is 150 g/mol. The molecule has 6 heteroatoms. The number of alkyl carbamates (subject to hydrolysis) is 1. The lowest BCUT2D eigenvalue weighted by Crippen LogP contribution is -2.41. The monoisotopic (exact) mass is 161 g/mol. The van der Waals surface area contributed by atoms with Crippen LogP contribution in [0.5, 0.6) is 0 Å². The molecule has 0 heterocycles. The van der Waals surface area contributed by atoms with Gasteiger partial charge in [0.05, 0.1) is 13.8 Å². The molecule has 0 bridgehead atoms. The molecule has 0 aliphatic rings. The molecule has 0 aromatic rings. The molecule has 0 saturated carbocycles. The molecule has 0 aliphatic carbocycles. The van der Waals surface area contributed by atoms with E-state index >= 15 is 0 Å². The van der Waals surface area contributed by atoms with E-state index in [4.69, 9.17) is 0 Å². The molecule has 0 aliphatic heterocycles. The summed E-state index contributed by atoms with van der Waals surface area (Å²) in [4.78, 5) is 20.8. The fraction of sp³-hybridized carbons (Fsp3) is 0.600. The van der Waals surface area contributed by atoms with Crippen molar-refractivity contribution in [3.63, 3.8) is 0 Å². The number of ether oxygens (including phenoxy) is 1. The summed E-state index contributed by atoms with van der Waals surface area (Å²) in [5.41, 5.74) is 0. The van der Waals surface area contributed by atoms with E-state index in [9.17, 15) is 9.59 Å². The van der Waals surface area contributed by atoms with Crippen LogP contribution < -0.4 is 16.0 Å². The largest absolute Gasteiger partial charge is 0.453 e. The van der Waals surface area contributed by atoms with Gasteiger partial charge in [0.1, 0.15) is 0 Å². The van der Waals surface area contributed by atoms with Crippen molar-refractivity contribution in [3.05, 3.63) is 0 Å². The Labute approximate surface area is 64.3 Å². The second-order valence-electron chi connectivity index (χ2n) is 1.60. The van der Waals surface area contributed by atoms with Crippen LogP contribution in [0.3, 0.4) is 0 Å². The second kappa shape index (κ2) is 5.33. The van der Waals surface area contributed by atoms with Crippen LogP contribution in [0.4, 0.5) is 9.59 Å². The van der Waals surface area contributed by atoms with E-state index in [1.165, 1.54) is 14.2 Å². The molecule has 0 aromatic carbocycles. The Kier molecular flexibility index (Phi) is 4.63. The Balaban J connectivity index is 3.27. The lowest BCUT2D eigenvalue weighted by Gasteiger charge is -2.04. The second-order valence-corrected chi connectivity index (χ2v) is 1.60. The molecule has 3 amide bonds. The average molecular weight is 161 g/mol. The van der Waals surface area contributed by atoms with Crippen LogP contribution in [0.2, 0.25) is 0 Å². The van der Waals surface area contributed by atoms with Crippen molar-refractivity contribution in [1.82, 2.24) is 16.0 Å². The van der Waals surface area contributed by atoms with Crippen molar-refractivity contribution >= 4 is 12.1 Å². The molecule has 0 spiro atoms. The number of urea groups is 1. The first kappa shape index (κ1) is 9.54. The average Bonchev–Trinajstić information content (AvgIpc) is 2.04. The van der Waals surface area contributed by atoms with E-state index in [2.05, 4.69) is 20.7 Å². The maximum absolute atomic E-state index is 10.5. The third-order valence-electron chi connectivity index (χ3n) is 0.894. The van der Waals surface area contributed by atoms with Gasteiger partial charge in [0.2, 0.25) is 0 Å². The van der Waals surface area contributed by atoms with E-state index in [0.29, 0.717) is 0 Å². The van der Waals surface area contributed by atoms with Gasteiger partial charge in [-0.2, -0.15) is 0 Å². The summed E-state index contributed by atoms with van der Waals surface area (Å²) in [5.74, 6) is 0. The van der Waals surface area contributed by atoms with Crippen LogP contribution in [0.25, 0.3) is 0 Å². The molecule has 3 N–H and O–H groups in total. The minimum atomic E-state index is -0.582. The Morgan fingerprint density at radius 1 is 1.36 bits per heavy atom. The zero-order chi connectivity index (χ0) is 8.69. The number of carbonyl (C=O) groups is 2. The molecule has 0 aromatic heterocycles. The molecule has 0 radical (unpaired) electrons. The fourth-order valence-corrected chi connectivity index (χ4v) is 0.357. The minimum Gasteiger partial charge on any atom is -0.453 e. The highest BCUT2D eigenvalue weighted by Gasteiger charge is 1.97. The third-order valence-corrected chi connectivity index (χ3v) is 0.894. The van der Waals surface area contributed by atoms with Gasteiger partial charge in [-0.3, -0.25) is 0 Å². The minimum absolute atomic E-state index is 0.0480. The van der Waals surface area contributed by atoms with Crippen LogP contribution in [0.15, 0.2) is 0 Å². The zero-order valence-corrected chi connectivity index (χ0v) is 6.43. The Morgan fingerprint density at radius 2 is 2.00 bits per heavy atom. The van der Waals surface area contributed by atoms with Gasteiger partial charge in [0.25, 0.3) is 0 Å². The molecule has 64 valence electrons. The number of nitrogens with one attached hydrogen (secondary N) is 3. The normalized spacial score (nSPS) is 8.18. The van der Waals surface area contributed by atoms with E-state index < -0.39 is 6.09 Å². The summed E-state index contributed by atoms with van der Waals surface area (Å²) in [7, 11) is 2.72. The molecule has 0 saturated heterocycles. The predicted octanol–water partition coefficient (Wildman–Crippen LogP) is -0.771. The molecule has 0 rings (SSSR count). The van der Waals surface area contributed by atoms with Gasteiger partial charge in [-0.15, -0.1) is 0 Å². The first-order valence-electron chi connectivity index (χ1n) is 2.98. The van der Waals surface area contributed by atoms with E-state index in [1.54, 1.807) is 0 Å². The summed E-state index contributed by atoms with van der Waals surface area (Å²) in [6.07, 6.45) is -0.582. The van der Waals surface area contributed by atoms with Gasteiger partial charge in [-0.05, 0) is 0 Å². The Hall–Kier alpha value is -1.46. The summed E-state index contributed by atoms with van der Waals surface area (Å²) < 4.78 is 4.24. The number of carbonyl (C=O) groups excluding carboxylic acids is 2. The molecule has 0 fully saturated rings. The highest BCUT2D eigenvalue weighted by Crippen LogP contribution is 1.67. The summed E-state index contributed by atoms with van der Waals surface area (Å²) in [6.45, 7) is 0.0480. The van der Waals surface area contributed by atoms with Gasteiger partial charge in [0.15, 0.2) is 0 Å². The van der Waals surface area contributed by atoms with Gasteiger partial charge in [0, 0.05) is 7.05 Å². The van der Waals surface area contributed by atoms with Gasteiger partial charge < -0.3 is 20.7 Å². The van der Waals surface area contributed by atoms with E-state index in [0.717, 1.165) is 0 Å². The summed E-state index contributed by atoms with van der Waals surface area (Å²) >= 11 is 0. The third kappa shape index (κ3) is 5.01. The number of methoxy groups -OCH3 is 1. The molecule has 6 nitrogen and oxygen atoms in total. The lowest BCUT2D eigenvalue weighted by atomic mass is 10.9. The van der Waals surface area contributed by atoms with Crippen LogP contribution in [-0.4, -0.2) is 33.0 Å². The lowest BCUT2D eigenvalue weighted by molar-refractivity contribution is 0.170. The maximum atomic E-state index is 10.5.